The molecule has 1 unspecified atom stereocenters. The normalized spacial score (nSPS) is 16.8. The van der Waals surface area contributed by atoms with Gasteiger partial charge in [0, 0.05) is 86.3 Å². The average molecular weight is 1180 g/mol. The number of fused-ring (bicyclic) bond motifs is 8. The SMILES string of the molecule is CC=NCCCCCC(=O)C(CCSSC(C)(C)CCC(=O)Nc1cc(COc2cc3c(cc2OC)C(=O)N2c4ccccc4C[C@H]2CN3C)cc(COc2cc3c(cc2OC)C(=O)N2c4ccccc4C[C@H]2CN3C)c1)S(=O)(=O)OC. The number of hydrogen-bond donors (Lipinski definition) is 1. The highest BCUT2D eigenvalue weighted by Crippen LogP contribution is 2.45. The number of ketones is 1. The Balaban J connectivity index is 0.907. The Bertz CT molecular complexity index is 3180. The summed E-state index contributed by atoms with van der Waals surface area (Å²) < 4.78 is 55.0. The van der Waals surface area contributed by atoms with Crippen molar-refractivity contribution >= 4 is 89.9 Å². The van der Waals surface area contributed by atoms with E-state index in [0.29, 0.717) is 78.0 Å². The van der Waals surface area contributed by atoms with Crippen molar-refractivity contribution in [1.29, 1.82) is 0 Å². The zero-order valence-electron chi connectivity index (χ0n) is 48.0. The summed E-state index contributed by atoms with van der Waals surface area (Å²) >= 11 is 0. The molecule has 4 aliphatic heterocycles. The van der Waals surface area contributed by atoms with E-state index >= 15 is 0 Å². The van der Waals surface area contributed by atoms with Crippen molar-refractivity contribution in [3.05, 3.63) is 124 Å². The van der Waals surface area contributed by atoms with Gasteiger partial charge >= 0.3 is 0 Å². The topological polar surface area (TPSA) is 186 Å². The number of unbranched alkanes of at least 4 members (excludes halogenated alkanes) is 2. The number of para-hydroxylation sites is 2. The Kier molecular flexibility index (Phi) is 19.2. The second-order valence-electron chi connectivity index (χ2n) is 21.8. The number of Topliss-reactive ketones (excluding diaryl/α,β-unsaturated/α-hetero) is 1. The molecule has 0 fully saturated rings. The number of likely N-dealkylation sites (N-methyl/N-ethyl adjacent to an activating group) is 2. The minimum Gasteiger partial charge on any atom is -0.493 e. The maximum atomic E-state index is 14.3. The van der Waals surface area contributed by atoms with Crippen LogP contribution in [0.2, 0.25) is 0 Å². The predicted octanol–water partition coefficient (Wildman–Crippen LogP) is 10.7. The van der Waals surface area contributed by atoms with Crippen LogP contribution in [-0.2, 0) is 49.9 Å². The molecule has 5 aromatic rings. The molecule has 82 heavy (non-hydrogen) atoms. The first-order valence-corrected chi connectivity index (χ1v) is 31.7. The van der Waals surface area contributed by atoms with Gasteiger partial charge in [-0.2, -0.15) is 8.42 Å². The first-order valence-electron chi connectivity index (χ1n) is 27.9. The van der Waals surface area contributed by atoms with Crippen LogP contribution in [0.25, 0.3) is 0 Å². The number of rotatable bonds is 26. The molecule has 20 heteroatoms. The van der Waals surface area contributed by atoms with Crippen molar-refractivity contribution in [3.8, 4) is 23.0 Å². The first kappa shape index (κ1) is 59.9. The predicted molar refractivity (Wildman–Crippen MR) is 328 cm³/mol. The highest BCUT2D eigenvalue weighted by molar-refractivity contribution is 8.77. The fourth-order valence-corrected chi connectivity index (χ4v) is 15.3. The third-order valence-corrected chi connectivity index (χ3v) is 20.6. The lowest BCUT2D eigenvalue weighted by molar-refractivity contribution is -0.119. The lowest BCUT2D eigenvalue weighted by Gasteiger charge is -2.25. The molecule has 0 saturated heterocycles. The Morgan fingerprint density at radius 3 is 1.77 bits per heavy atom. The Morgan fingerprint density at radius 1 is 0.720 bits per heavy atom. The second-order valence-corrected chi connectivity index (χ2v) is 26.8. The summed E-state index contributed by atoms with van der Waals surface area (Å²) in [4.78, 5) is 67.9. The molecule has 4 aliphatic rings. The summed E-state index contributed by atoms with van der Waals surface area (Å²) in [7, 11) is 7.10. The molecule has 0 spiro atoms. The van der Waals surface area contributed by atoms with Gasteiger partial charge in [0.25, 0.3) is 21.9 Å². The third kappa shape index (κ3) is 13.5. The zero-order chi connectivity index (χ0) is 58.3. The summed E-state index contributed by atoms with van der Waals surface area (Å²) in [6.45, 7) is 7.96. The van der Waals surface area contributed by atoms with Gasteiger partial charge in [-0.25, -0.2) is 0 Å². The molecule has 17 nitrogen and oxygen atoms in total. The van der Waals surface area contributed by atoms with E-state index in [-0.39, 0.29) is 68.1 Å². The number of hydrogen-bond acceptors (Lipinski definition) is 16. The molecular formula is C62H74N6O11S3. The number of aliphatic imine (C=N–C) groups is 1. The summed E-state index contributed by atoms with van der Waals surface area (Å²) in [6, 6.07) is 28.9. The van der Waals surface area contributed by atoms with Crippen molar-refractivity contribution in [2.24, 2.45) is 4.99 Å². The Labute approximate surface area is 489 Å². The van der Waals surface area contributed by atoms with Gasteiger partial charge in [-0.3, -0.25) is 28.4 Å². The van der Waals surface area contributed by atoms with E-state index in [4.69, 9.17) is 23.1 Å². The van der Waals surface area contributed by atoms with Crippen LogP contribution in [0.5, 0.6) is 23.0 Å². The van der Waals surface area contributed by atoms with E-state index in [9.17, 15) is 27.6 Å². The number of nitrogens with zero attached hydrogens (tertiary/aromatic N) is 5. The van der Waals surface area contributed by atoms with E-state index in [0.717, 1.165) is 77.8 Å². The Hall–Kier alpha value is -6.74. The smallest absolute Gasteiger partial charge is 0.277 e. The Morgan fingerprint density at radius 2 is 1.26 bits per heavy atom. The second kappa shape index (κ2) is 26.2. The zero-order valence-corrected chi connectivity index (χ0v) is 50.5. The quantitative estimate of drug-likeness (QED) is 0.0238. The number of carbonyl (C=O) groups excluding carboxylic acids is 4. The van der Waals surface area contributed by atoms with Crippen LogP contribution < -0.4 is 43.9 Å². The van der Waals surface area contributed by atoms with Gasteiger partial charge in [-0.1, -0.05) is 64.4 Å². The lowest BCUT2D eigenvalue weighted by atomic mass is 10.1. The molecule has 0 saturated carbocycles. The van der Waals surface area contributed by atoms with Crippen LogP contribution >= 0.6 is 21.6 Å². The van der Waals surface area contributed by atoms with Gasteiger partial charge < -0.3 is 43.9 Å². The molecule has 3 atom stereocenters. The number of methoxy groups -OCH3 is 2. The molecule has 0 bridgehead atoms. The standard InChI is InChI=1S/C62H74N6O11S3/c1-9-63-25-16-10-11-21-53(69)58(82(73,74)77-8)23-26-80-81-62(2,3)24-22-59(70)64-44-28-40(38-78-56-34-51-47(32-54(56)75-6)60(71)67-45(36-65(51)4)30-42-17-12-14-19-49(42)67)27-41(29-44)39-79-57-35-52-48(33-55(57)76-7)61(72)68-46(37-66(52)5)31-43-18-13-15-20-50(43)68/h9,12-15,17-20,27-29,32-35,45-46,58H,10-11,16,21-26,30-31,36-39H2,1-8H3,(H,64,70)/t45-,46-,58?/m0/s1. The fraction of sp³-hybridized carbons (Fsp3) is 0.435. The van der Waals surface area contributed by atoms with Crippen LogP contribution in [0.4, 0.5) is 28.4 Å². The van der Waals surface area contributed by atoms with E-state index in [1.165, 1.54) is 10.8 Å². The van der Waals surface area contributed by atoms with Gasteiger partial charge in [0.1, 0.15) is 18.5 Å². The summed E-state index contributed by atoms with van der Waals surface area (Å²) in [5.74, 6) is 1.32. The van der Waals surface area contributed by atoms with E-state index in [1.807, 2.05) is 111 Å². The van der Waals surface area contributed by atoms with Gasteiger partial charge in [0.2, 0.25) is 5.91 Å². The van der Waals surface area contributed by atoms with Crippen LogP contribution in [0.1, 0.15) is 109 Å². The molecule has 4 heterocycles. The highest BCUT2D eigenvalue weighted by atomic mass is 33.1. The lowest BCUT2D eigenvalue weighted by Crippen LogP contribution is -2.41. The number of benzene rings is 5. The van der Waals surface area contributed by atoms with Crippen molar-refractivity contribution in [3.63, 3.8) is 0 Å². The fourth-order valence-electron chi connectivity index (χ4n) is 11.4. The number of carbonyl (C=O) groups is 4. The van der Waals surface area contributed by atoms with Crippen LogP contribution in [0.15, 0.2) is 96.0 Å². The minimum atomic E-state index is -4.07. The summed E-state index contributed by atoms with van der Waals surface area (Å²) in [6.07, 6.45) is 6.40. The van der Waals surface area contributed by atoms with Gasteiger partial charge in [0.15, 0.2) is 28.8 Å². The molecule has 0 radical (unpaired) electrons. The molecule has 0 aromatic heterocycles. The molecular weight excluding hydrogens is 1100 g/mol. The summed E-state index contributed by atoms with van der Waals surface area (Å²) in [5, 5.41) is 1.87. The van der Waals surface area contributed by atoms with E-state index in [1.54, 1.807) is 43.4 Å². The van der Waals surface area contributed by atoms with Gasteiger partial charge in [-0.05, 0) is 130 Å². The van der Waals surface area contributed by atoms with Crippen molar-refractivity contribution in [1.82, 2.24) is 0 Å². The molecule has 5 aromatic carbocycles. The average Bonchev–Trinajstić information content (AvgIpc) is 4.20. The minimum absolute atomic E-state index is 0.0351. The van der Waals surface area contributed by atoms with E-state index in [2.05, 4.69) is 32.2 Å². The van der Waals surface area contributed by atoms with E-state index < -0.39 is 20.1 Å². The number of ether oxygens (including phenoxy) is 4. The number of nitrogens with one attached hydrogen (secondary N) is 1. The van der Waals surface area contributed by atoms with Crippen molar-refractivity contribution in [2.45, 2.75) is 114 Å². The molecule has 3 amide bonds. The van der Waals surface area contributed by atoms with Crippen molar-refractivity contribution < 1.29 is 50.7 Å². The third-order valence-electron chi connectivity index (χ3n) is 15.6. The number of anilines is 5. The maximum absolute atomic E-state index is 14.3. The van der Waals surface area contributed by atoms with Crippen LogP contribution in [0, 0.1) is 0 Å². The van der Waals surface area contributed by atoms with Crippen LogP contribution in [-0.4, -0.2) is 121 Å². The monoisotopic (exact) mass is 1170 g/mol. The molecule has 9 rings (SSSR count). The first-order chi connectivity index (χ1) is 39.4. The highest BCUT2D eigenvalue weighted by Gasteiger charge is 2.41. The molecule has 1 N–H and O–H groups in total. The molecule has 0 aliphatic carbocycles. The van der Waals surface area contributed by atoms with Crippen molar-refractivity contribution in [2.75, 3.05) is 85.7 Å². The maximum Gasteiger partial charge on any atom is 0.277 e. The van der Waals surface area contributed by atoms with Crippen LogP contribution in [0.3, 0.4) is 0 Å². The van der Waals surface area contributed by atoms with Gasteiger partial charge in [0.05, 0.1) is 55.9 Å². The molecule has 436 valence electrons. The summed E-state index contributed by atoms with van der Waals surface area (Å²) in [5.41, 5.74) is 8.57. The largest absolute Gasteiger partial charge is 0.493 e. The van der Waals surface area contributed by atoms with Gasteiger partial charge in [-0.15, -0.1) is 0 Å². The number of amides is 3.